The highest BCUT2D eigenvalue weighted by Crippen LogP contribution is 2.26. The van der Waals surface area contributed by atoms with Crippen molar-refractivity contribution in [2.24, 2.45) is 5.73 Å². The highest BCUT2D eigenvalue weighted by atomic mass is 32.1. The van der Waals surface area contributed by atoms with Crippen molar-refractivity contribution < 1.29 is 0 Å². The molecule has 0 unspecified atom stereocenters. The van der Waals surface area contributed by atoms with Crippen LogP contribution in [0.2, 0.25) is 0 Å². The van der Waals surface area contributed by atoms with Crippen LogP contribution in [0.5, 0.6) is 0 Å². The topological polar surface area (TPSA) is 56.2 Å². The molecule has 5 heteroatoms. The van der Waals surface area contributed by atoms with Crippen molar-refractivity contribution >= 4 is 16.3 Å². The number of nitrogens with two attached hydrogens (primary N) is 1. The Morgan fingerprint density at radius 1 is 1.25 bits per heavy atom. The molecule has 1 aromatic carbocycles. The van der Waals surface area contributed by atoms with Gasteiger partial charge in [-0.2, -0.15) is 5.10 Å². The van der Waals surface area contributed by atoms with Gasteiger partial charge in [0, 0.05) is 5.56 Å². The van der Waals surface area contributed by atoms with Gasteiger partial charge in [-0.15, -0.1) is 0 Å². The van der Waals surface area contributed by atoms with E-state index < -0.39 is 0 Å². The summed E-state index contributed by atoms with van der Waals surface area (Å²) in [6.07, 6.45) is 1.87. The Bertz CT molecular complexity index is 724. The lowest BCUT2D eigenvalue weighted by molar-refractivity contribution is 0.882. The van der Waals surface area contributed by atoms with Crippen LogP contribution < -0.4 is 5.73 Å². The maximum Gasteiger partial charge on any atom is 0.212 e. The van der Waals surface area contributed by atoms with Crippen LogP contribution in [0.1, 0.15) is 23.2 Å². The van der Waals surface area contributed by atoms with Gasteiger partial charge in [0.25, 0.3) is 0 Å². The van der Waals surface area contributed by atoms with Gasteiger partial charge >= 0.3 is 0 Å². The van der Waals surface area contributed by atoms with Gasteiger partial charge in [-0.25, -0.2) is 9.50 Å². The Morgan fingerprint density at radius 3 is 2.60 bits per heavy atom. The van der Waals surface area contributed by atoms with Crippen LogP contribution in [0.25, 0.3) is 16.2 Å². The number of hydrogen-bond acceptors (Lipinski definition) is 4. The highest BCUT2D eigenvalue weighted by Gasteiger charge is 2.14. The first-order valence-corrected chi connectivity index (χ1v) is 7.69. The predicted molar refractivity (Wildman–Crippen MR) is 83.2 cm³/mol. The van der Waals surface area contributed by atoms with Crippen LogP contribution in [0.3, 0.4) is 0 Å². The fourth-order valence-corrected chi connectivity index (χ4v) is 3.18. The molecule has 0 saturated heterocycles. The second-order valence-corrected chi connectivity index (χ2v) is 5.87. The lowest BCUT2D eigenvalue weighted by atomic mass is 10.1. The van der Waals surface area contributed by atoms with Crippen LogP contribution in [-0.2, 0) is 12.8 Å². The Morgan fingerprint density at radius 2 is 2.00 bits per heavy atom. The van der Waals surface area contributed by atoms with Gasteiger partial charge < -0.3 is 5.73 Å². The summed E-state index contributed by atoms with van der Waals surface area (Å²) in [5.41, 5.74) is 10.1. The standard InChI is InChI=1S/C15H18N4S/c1-3-13-18-19-10(2)14(17-15(19)20-13)12-6-4-11(5-7-12)8-9-16/h4-7H,3,8-9,16H2,1-2H3. The van der Waals surface area contributed by atoms with Gasteiger partial charge in [0.05, 0.1) is 11.4 Å². The molecule has 2 heterocycles. The van der Waals surface area contributed by atoms with Gasteiger partial charge in [0.1, 0.15) is 5.01 Å². The third-order valence-corrected chi connectivity index (χ3v) is 4.49. The number of aryl methyl sites for hydroxylation is 2. The molecular formula is C15H18N4S. The zero-order chi connectivity index (χ0) is 14.1. The molecule has 0 bridgehead atoms. The Hall–Kier alpha value is -1.72. The SMILES string of the molecule is CCc1nn2c(C)c(-c3ccc(CCN)cc3)nc2s1. The van der Waals surface area contributed by atoms with E-state index in [1.54, 1.807) is 11.3 Å². The van der Waals surface area contributed by atoms with Gasteiger partial charge in [0.2, 0.25) is 4.96 Å². The van der Waals surface area contributed by atoms with E-state index in [0.29, 0.717) is 6.54 Å². The minimum atomic E-state index is 0.683. The molecule has 0 spiro atoms. The van der Waals surface area contributed by atoms with Crippen molar-refractivity contribution in [1.29, 1.82) is 0 Å². The summed E-state index contributed by atoms with van der Waals surface area (Å²) in [4.78, 5) is 5.69. The van der Waals surface area contributed by atoms with E-state index >= 15 is 0 Å². The van der Waals surface area contributed by atoms with E-state index in [9.17, 15) is 0 Å². The molecule has 20 heavy (non-hydrogen) atoms. The Balaban J connectivity index is 2.00. The molecule has 0 atom stereocenters. The molecule has 4 nitrogen and oxygen atoms in total. The van der Waals surface area contributed by atoms with E-state index in [0.717, 1.165) is 39.8 Å². The Kier molecular flexibility index (Phi) is 3.54. The quantitative estimate of drug-likeness (QED) is 0.802. The molecule has 0 aliphatic carbocycles. The number of fused-ring (bicyclic) bond motifs is 1. The number of imidazole rings is 1. The molecule has 0 fully saturated rings. The smallest absolute Gasteiger partial charge is 0.212 e. The van der Waals surface area contributed by atoms with Gasteiger partial charge in [-0.3, -0.25) is 0 Å². The molecular weight excluding hydrogens is 268 g/mol. The van der Waals surface area contributed by atoms with E-state index in [-0.39, 0.29) is 0 Å². The normalized spacial score (nSPS) is 11.3. The molecule has 3 rings (SSSR count). The zero-order valence-electron chi connectivity index (χ0n) is 11.8. The van der Waals surface area contributed by atoms with Crippen molar-refractivity contribution in [3.63, 3.8) is 0 Å². The lowest BCUT2D eigenvalue weighted by Crippen LogP contribution is -2.02. The number of benzene rings is 1. The largest absolute Gasteiger partial charge is 0.330 e. The highest BCUT2D eigenvalue weighted by molar-refractivity contribution is 7.16. The van der Waals surface area contributed by atoms with E-state index in [4.69, 9.17) is 10.7 Å². The fourth-order valence-electron chi connectivity index (χ4n) is 2.30. The third kappa shape index (κ3) is 2.23. The number of hydrogen-bond donors (Lipinski definition) is 1. The lowest BCUT2D eigenvalue weighted by Gasteiger charge is -2.02. The first-order valence-electron chi connectivity index (χ1n) is 6.87. The van der Waals surface area contributed by atoms with Crippen LogP contribution in [0.15, 0.2) is 24.3 Å². The summed E-state index contributed by atoms with van der Waals surface area (Å²) in [6, 6.07) is 8.48. The molecule has 0 aliphatic rings. The minimum absolute atomic E-state index is 0.683. The van der Waals surface area contributed by atoms with E-state index in [2.05, 4.69) is 43.2 Å². The van der Waals surface area contributed by atoms with E-state index in [1.165, 1.54) is 5.56 Å². The first-order chi connectivity index (χ1) is 9.72. The van der Waals surface area contributed by atoms with Crippen molar-refractivity contribution in [2.45, 2.75) is 26.7 Å². The second-order valence-electron chi connectivity index (χ2n) is 4.83. The van der Waals surface area contributed by atoms with Crippen LogP contribution in [0, 0.1) is 6.92 Å². The van der Waals surface area contributed by atoms with Crippen LogP contribution in [0.4, 0.5) is 0 Å². The predicted octanol–water partition coefficient (Wildman–Crippen LogP) is 2.83. The fraction of sp³-hybridized carbons (Fsp3) is 0.333. The van der Waals surface area contributed by atoms with Crippen molar-refractivity contribution in [1.82, 2.24) is 14.6 Å². The molecule has 0 aliphatic heterocycles. The Labute approximate surface area is 122 Å². The van der Waals surface area contributed by atoms with Gasteiger partial charge in [-0.05, 0) is 31.9 Å². The first kappa shape index (κ1) is 13.3. The maximum absolute atomic E-state index is 5.58. The van der Waals surface area contributed by atoms with Crippen molar-refractivity contribution in [2.75, 3.05) is 6.54 Å². The monoisotopic (exact) mass is 286 g/mol. The van der Waals surface area contributed by atoms with Crippen LogP contribution in [-0.4, -0.2) is 21.1 Å². The molecule has 0 amide bonds. The summed E-state index contributed by atoms with van der Waals surface area (Å²) >= 11 is 1.66. The summed E-state index contributed by atoms with van der Waals surface area (Å²) in [5.74, 6) is 0. The van der Waals surface area contributed by atoms with Crippen molar-refractivity contribution in [3.05, 3.63) is 40.5 Å². The molecule has 2 aromatic heterocycles. The van der Waals surface area contributed by atoms with Crippen LogP contribution >= 0.6 is 11.3 Å². The number of rotatable bonds is 4. The molecule has 2 N–H and O–H groups in total. The van der Waals surface area contributed by atoms with Gasteiger partial charge in [-0.1, -0.05) is 42.5 Å². The average molecular weight is 286 g/mol. The van der Waals surface area contributed by atoms with E-state index in [1.807, 2.05) is 4.52 Å². The third-order valence-electron chi connectivity index (χ3n) is 3.43. The van der Waals surface area contributed by atoms with Gasteiger partial charge in [0.15, 0.2) is 0 Å². The summed E-state index contributed by atoms with van der Waals surface area (Å²) in [6.45, 7) is 4.87. The molecule has 104 valence electrons. The minimum Gasteiger partial charge on any atom is -0.330 e. The zero-order valence-corrected chi connectivity index (χ0v) is 12.6. The average Bonchev–Trinajstić information content (AvgIpc) is 3.00. The maximum atomic E-state index is 5.58. The number of aromatic nitrogens is 3. The summed E-state index contributed by atoms with van der Waals surface area (Å²) < 4.78 is 1.95. The number of nitrogens with zero attached hydrogens (tertiary/aromatic N) is 3. The summed E-state index contributed by atoms with van der Waals surface area (Å²) in [5, 5.41) is 5.71. The molecule has 0 saturated carbocycles. The summed E-state index contributed by atoms with van der Waals surface area (Å²) in [7, 11) is 0. The van der Waals surface area contributed by atoms with Crippen molar-refractivity contribution in [3.8, 4) is 11.3 Å². The molecule has 3 aromatic rings. The second kappa shape index (κ2) is 5.34. The molecule has 0 radical (unpaired) electrons.